The fraction of sp³-hybridized carbons (Fsp3) is 0.200. The number of benzene rings is 2. The number of halogens is 3. The van der Waals surface area contributed by atoms with E-state index in [4.69, 9.17) is 9.47 Å². The summed E-state index contributed by atoms with van der Waals surface area (Å²) in [5, 5.41) is 0.00147. The van der Waals surface area contributed by atoms with E-state index in [1.807, 2.05) is 31.2 Å². The highest BCUT2D eigenvalue weighted by Gasteiger charge is 2.34. The molecule has 0 aliphatic rings. The van der Waals surface area contributed by atoms with Crippen molar-refractivity contribution in [2.24, 2.45) is 0 Å². The summed E-state index contributed by atoms with van der Waals surface area (Å²) in [6, 6.07) is 14.9. The number of hydrogen-bond donors (Lipinski definition) is 0. The Hall–Kier alpha value is -2.74. The van der Waals surface area contributed by atoms with Gasteiger partial charge >= 0.3 is 6.18 Å². The van der Waals surface area contributed by atoms with E-state index in [1.54, 1.807) is 24.3 Å². The summed E-state index contributed by atoms with van der Waals surface area (Å²) in [5.41, 5.74) is 1.01. The number of hydrogen-bond acceptors (Lipinski definition) is 5. The predicted molar refractivity (Wildman–Crippen MR) is 101 cm³/mol. The molecule has 0 fully saturated rings. The zero-order valence-corrected chi connectivity index (χ0v) is 16.0. The molecule has 3 rings (SSSR count). The molecule has 0 atom stereocenters. The quantitative estimate of drug-likeness (QED) is 0.377. The minimum atomic E-state index is -4.60. The Morgan fingerprint density at radius 1 is 0.964 bits per heavy atom. The fourth-order valence-electron chi connectivity index (χ4n) is 2.34. The Morgan fingerprint density at radius 3 is 2.29 bits per heavy atom. The lowest BCUT2D eigenvalue weighted by Gasteiger charge is -2.11. The van der Waals surface area contributed by atoms with Crippen LogP contribution < -0.4 is 9.47 Å². The van der Waals surface area contributed by atoms with Crippen molar-refractivity contribution in [2.75, 3.05) is 7.11 Å². The molecule has 4 nitrogen and oxygen atoms in total. The maximum absolute atomic E-state index is 13.2. The standard InChI is InChI=1S/C20H17F3N2O2S/c1-13-5-3-4-6-14(13)12-28-19-24-17(20(21,22)23)11-18(25-19)27-16-9-7-15(26-2)8-10-16/h3-11H,12H2,1-2H3. The van der Waals surface area contributed by atoms with Gasteiger partial charge in [0.1, 0.15) is 11.5 Å². The number of thioether (sulfide) groups is 1. The average molecular weight is 406 g/mol. The zero-order valence-electron chi connectivity index (χ0n) is 15.2. The van der Waals surface area contributed by atoms with Crippen LogP contribution >= 0.6 is 11.8 Å². The third-order valence-corrected chi connectivity index (χ3v) is 4.77. The van der Waals surface area contributed by atoms with Crippen LogP contribution in [-0.4, -0.2) is 17.1 Å². The van der Waals surface area contributed by atoms with Gasteiger partial charge in [-0.1, -0.05) is 36.0 Å². The summed E-state index contributed by atoms with van der Waals surface area (Å²) in [6.07, 6.45) is -4.60. The average Bonchev–Trinajstić information content (AvgIpc) is 2.67. The molecule has 0 radical (unpaired) electrons. The van der Waals surface area contributed by atoms with Crippen LogP contribution in [0, 0.1) is 6.92 Å². The van der Waals surface area contributed by atoms with Crippen LogP contribution in [0.25, 0.3) is 0 Å². The Balaban J connectivity index is 1.85. The molecule has 1 heterocycles. The third-order valence-electron chi connectivity index (χ3n) is 3.87. The molecule has 1 aromatic heterocycles. The summed E-state index contributed by atoms with van der Waals surface area (Å²) in [5.74, 6) is 1.25. The Bertz CT molecular complexity index is 947. The van der Waals surface area contributed by atoms with Crippen molar-refractivity contribution in [3.8, 4) is 17.4 Å². The fourth-order valence-corrected chi connectivity index (χ4v) is 3.27. The largest absolute Gasteiger partial charge is 0.497 e. The predicted octanol–water partition coefficient (Wildman–Crippen LogP) is 5.90. The number of nitrogens with zero attached hydrogens (tertiary/aromatic N) is 2. The van der Waals surface area contributed by atoms with Crippen molar-refractivity contribution in [1.82, 2.24) is 9.97 Å². The molecule has 146 valence electrons. The summed E-state index contributed by atoms with van der Waals surface area (Å²) < 4.78 is 50.3. The van der Waals surface area contributed by atoms with Gasteiger partial charge in [-0.2, -0.15) is 18.2 Å². The molecule has 0 bridgehead atoms. The van der Waals surface area contributed by atoms with Gasteiger partial charge in [0.2, 0.25) is 5.88 Å². The second-order valence-corrected chi connectivity index (χ2v) is 6.81. The van der Waals surface area contributed by atoms with E-state index in [1.165, 1.54) is 7.11 Å². The van der Waals surface area contributed by atoms with E-state index >= 15 is 0 Å². The molecule has 0 N–H and O–H groups in total. The van der Waals surface area contributed by atoms with Gasteiger partial charge in [0.05, 0.1) is 7.11 Å². The van der Waals surface area contributed by atoms with E-state index in [0.29, 0.717) is 17.3 Å². The maximum atomic E-state index is 13.2. The lowest BCUT2D eigenvalue weighted by atomic mass is 10.1. The monoisotopic (exact) mass is 406 g/mol. The minimum Gasteiger partial charge on any atom is -0.497 e. The number of rotatable bonds is 6. The normalized spacial score (nSPS) is 11.3. The van der Waals surface area contributed by atoms with E-state index in [2.05, 4.69) is 9.97 Å². The van der Waals surface area contributed by atoms with Crippen LogP contribution in [0.15, 0.2) is 59.8 Å². The van der Waals surface area contributed by atoms with Crippen LogP contribution in [-0.2, 0) is 11.9 Å². The Kier molecular flexibility index (Phi) is 6.08. The van der Waals surface area contributed by atoms with Crippen molar-refractivity contribution in [3.63, 3.8) is 0 Å². The van der Waals surface area contributed by atoms with Crippen LogP contribution in [0.4, 0.5) is 13.2 Å². The van der Waals surface area contributed by atoms with Crippen molar-refractivity contribution < 1.29 is 22.6 Å². The van der Waals surface area contributed by atoms with Gasteiger partial charge in [0.15, 0.2) is 10.9 Å². The lowest BCUT2D eigenvalue weighted by molar-refractivity contribution is -0.141. The first-order valence-corrected chi connectivity index (χ1v) is 9.29. The highest BCUT2D eigenvalue weighted by Crippen LogP contribution is 2.33. The number of methoxy groups -OCH3 is 1. The molecule has 2 aromatic carbocycles. The minimum absolute atomic E-state index is 0.00147. The van der Waals surface area contributed by atoms with Gasteiger partial charge in [-0.3, -0.25) is 0 Å². The van der Waals surface area contributed by atoms with Crippen LogP contribution in [0.2, 0.25) is 0 Å². The van der Waals surface area contributed by atoms with Crippen molar-refractivity contribution >= 4 is 11.8 Å². The van der Waals surface area contributed by atoms with Gasteiger partial charge in [-0.05, 0) is 42.3 Å². The smallest absolute Gasteiger partial charge is 0.433 e. The second-order valence-electron chi connectivity index (χ2n) is 5.86. The molecule has 3 aromatic rings. The lowest BCUT2D eigenvalue weighted by Crippen LogP contribution is -2.10. The van der Waals surface area contributed by atoms with Gasteiger partial charge in [0.25, 0.3) is 0 Å². The number of aryl methyl sites for hydroxylation is 1. The van der Waals surface area contributed by atoms with Crippen LogP contribution in [0.1, 0.15) is 16.8 Å². The summed E-state index contributed by atoms with van der Waals surface area (Å²) in [4.78, 5) is 7.77. The van der Waals surface area contributed by atoms with Crippen molar-refractivity contribution in [2.45, 2.75) is 24.0 Å². The first-order valence-electron chi connectivity index (χ1n) is 8.30. The first-order chi connectivity index (χ1) is 13.3. The number of alkyl halides is 3. The van der Waals surface area contributed by atoms with E-state index in [-0.39, 0.29) is 11.0 Å². The summed E-state index contributed by atoms with van der Waals surface area (Å²) in [6.45, 7) is 1.95. The number of aromatic nitrogens is 2. The Labute approximate surface area is 164 Å². The molecule has 0 saturated heterocycles. The Morgan fingerprint density at radius 2 is 1.64 bits per heavy atom. The summed E-state index contributed by atoms with van der Waals surface area (Å²) >= 11 is 1.13. The van der Waals surface area contributed by atoms with Crippen LogP contribution in [0.3, 0.4) is 0 Å². The summed E-state index contributed by atoms with van der Waals surface area (Å²) in [7, 11) is 1.52. The molecule has 0 aliphatic carbocycles. The van der Waals surface area contributed by atoms with E-state index in [9.17, 15) is 13.2 Å². The molecular weight excluding hydrogens is 389 g/mol. The first kappa shape index (κ1) is 20.0. The van der Waals surface area contributed by atoms with Gasteiger partial charge in [-0.25, -0.2) is 4.98 Å². The number of ether oxygens (including phenoxy) is 2. The van der Waals surface area contributed by atoms with Crippen molar-refractivity contribution in [3.05, 3.63) is 71.4 Å². The SMILES string of the molecule is COc1ccc(Oc2cc(C(F)(F)F)nc(SCc3ccccc3C)n2)cc1. The molecule has 0 spiro atoms. The molecule has 28 heavy (non-hydrogen) atoms. The van der Waals surface area contributed by atoms with Gasteiger partial charge < -0.3 is 9.47 Å². The van der Waals surface area contributed by atoms with E-state index < -0.39 is 11.9 Å². The molecule has 8 heteroatoms. The second kappa shape index (κ2) is 8.52. The van der Waals surface area contributed by atoms with E-state index in [0.717, 1.165) is 29.0 Å². The van der Waals surface area contributed by atoms with Gasteiger partial charge in [0, 0.05) is 11.8 Å². The maximum Gasteiger partial charge on any atom is 0.433 e. The molecular formula is C20H17F3N2O2S. The molecule has 0 aliphatic heterocycles. The topological polar surface area (TPSA) is 44.2 Å². The third kappa shape index (κ3) is 5.16. The van der Waals surface area contributed by atoms with Crippen molar-refractivity contribution in [1.29, 1.82) is 0 Å². The van der Waals surface area contributed by atoms with Crippen LogP contribution in [0.5, 0.6) is 17.4 Å². The highest BCUT2D eigenvalue weighted by atomic mass is 32.2. The highest BCUT2D eigenvalue weighted by molar-refractivity contribution is 7.98. The molecule has 0 unspecified atom stereocenters. The van der Waals surface area contributed by atoms with Gasteiger partial charge in [-0.15, -0.1) is 0 Å². The molecule has 0 amide bonds. The molecule has 0 saturated carbocycles. The zero-order chi connectivity index (χ0) is 20.1.